The zero-order chi connectivity index (χ0) is 14.0. The molecule has 1 aromatic rings. The molecule has 3 nitrogen and oxygen atoms in total. The minimum absolute atomic E-state index is 0.118. The maximum absolute atomic E-state index is 13.7. The van der Waals surface area contributed by atoms with E-state index < -0.39 is 5.82 Å². The molecule has 0 N–H and O–H groups in total. The lowest BCUT2D eigenvalue weighted by Crippen LogP contribution is -2.53. The molecule has 2 rings (SSSR count). The van der Waals surface area contributed by atoms with E-state index in [4.69, 9.17) is 0 Å². The lowest BCUT2D eigenvalue weighted by atomic mass is 10.1. The van der Waals surface area contributed by atoms with Crippen LogP contribution in [-0.2, 0) is 0 Å². The fourth-order valence-electron chi connectivity index (χ4n) is 2.42. The summed E-state index contributed by atoms with van der Waals surface area (Å²) < 4.78 is 13.7. The molecule has 1 fully saturated rings. The summed E-state index contributed by atoms with van der Waals surface area (Å²) in [6, 6.07) is 4.69. The van der Waals surface area contributed by atoms with Crippen LogP contribution >= 0.6 is 12.6 Å². The van der Waals surface area contributed by atoms with E-state index in [1.54, 1.807) is 11.0 Å². The molecule has 0 aliphatic carbocycles. The maximum atomic E-state index is 13.7. The number of hydrogen-bond donors (Lipinski definition) is 1. The van der Waals surface area contributed by atoms with Crippen molar-refractivity contribution < 1.29 is 9.18 Å². The third-order valence-corrected chi connectivity index (χ3v) is 3.99. The van der Waals surface area contributed by atoms with Crippen LogP contribution in [0, 0.1) is 5.82 Å². The number of amides is 1. The van der Waals surface area contributed by atoms with Gasteiger partial charge in [-0.15, -0.1) is 12.6 Å². The average Bonchev–Trinajstić information content (AvgIpc) is 2.41. The van der Waals surface area contributed by atoms with E-state index in [-0.39, 0.29) is 11.5 Å². The van der Waals surface area contributed by atoms with Crippen molar-refractivity contribution in [3.63, 3.8) is 0 Å². The van der Waals surface area contributed by atoms with Crippen LogP contribution in [-0.4, -0.2) is 48.4 Å². The summed E-state index contributed by atoms with van der Waals surface area (Å²) in [5, 5.41) is 0. The molecule has 1 amide bonds. The van der Waals surface area contributed by atoms with Crippen LogP contribution in [0.5, 0.6) is 0 Å². The summed E-state index contributed by atoms with van der Waals surface area (Å²) in [6.45, 7) is 4.22. The third-order valence-electron chi connectivity index (χ3n) is 3.72. The molecule has 1 saturated heterocycles. The topological polar surface area (TPSA) is 23.6 Å². The zero-order valence-corrected chi connectivity index (χ0v) is 12.2. The Bertz CT molecular complexity index is 481. The second kappa shape index (κ2) is 5.92. The molecule has 1 aromatic carbocycles. The van der Waals surface area contributed by atoms with Gasteiger partial charge in [-0.2, -0.15) is 0 Å². The standard InChI is InChI=1S/C14H19FN2OS/c1-3-10-9-17(7-6-16(10)2)14(18)12-8-11(19)4-5-13(12)15/h4-5,8,10,19H,3,6-7,9H2,1-2H3. The second-order valence-electron chi connectivity index (χ2n) is 4.96. The van der Waals surface area contributed by atoms with Crippen molar-refractivity contribution in [2.75, 3.05) is 26.7 Å². The van der Waals surface area contributed by atoms with Crippen LogP contribution in [0.4, 0.5) is 4.39 Å². The first-order valence-corrected chi connectivity index (χ1v) is 6.95. The highest BCUT2D eigenvalue weighted by Gasteiger charge is 2.27. The predicted octanol–water partition coefficient (Wildman–Crippen LogP) is 2.28. The van der Waals surface area contributed by atoms with Crippen molar-refractivity contribution >= 4 is 18.5 Å². The van der Waals surface area contributed by atoms with E-state index in [2.05, 4.69) is 31.5 Å². The van der Waals surface area contributed by atoms with Gasteiger partial charge in [-0.3, -0.25) is 9.69 Å². The van der Waals surface area contributed by atoms with Gasteiger partial charge in [0, 0.05) is 30.6 Å². The van der Waals surface area contributed by atoms with Crippen LogP contribution in [0.3, 0.4) is 0 Å². The van der Waals surface area contributed by atoms with Gasteiger partial charge < -0.3 is 4.90 Å². The number of halogens is 1. The Labute approximate surface area is 118 Å². The summed E-state index contributed by atoms with van der Waals surface area (Å²) in [5.74, 6) is -0.713. The fourth-order valence-corrected chi connectivity index (χ4v) is 2.62. The highest BCUT2D eigenvalue weighted by Crippen LogP contribution is 2.18. The van der Waals surface area contributed by atoms with Crippen molar-refractivity contribution in [2.24, 2.45) is 0 Å². The Balaban J connectivity index is 2.18. The molecule has 0 radical (unpaired) electrons. The predicted molar refractivity (Wildman–Crippen MR) is 76.3 cm³/mol. The quantitative estimate of drug-likeness (QED) is 0.841. The highest BCUT2D eigenvalue weighted by molar-refractivity contribution is 7.80. The number of carbonyl (C=O) groups is 1. The summed E-state index contributed by atoms with van der Waals surface area (Å²) in [7, 11) is 2.06. The molecular weight excluding hydrogens is 263 g/mol. The van der Waals surface area contributed by atoms with Crippen molar-refractivity contribution in [1.29, 1.82) is 0 Å². The molecule has 1 unspecified atom stereocenters. The molecule has 0 spiro atoms. The lowest BCUT2D eigenvalue weighted by molar-refractivity contribution is 0.0537. The number of benzene rings is 1. The number of thiol groups is 1. The first kappa shape index (κ1) is 14.3. The van der Waals surface area contributed by atoms with Crippen molar-refractivity contribution in [2.45, 2.75) is 24.3 Å². The fraction of sp³-hybridized carbons (Fsp3) is 0.500. The molecule has 104 valence electrons. The Morgan fingerprint density at radius 1 is 1.47 bits per heavy atom. The van der Waals surface area contributed by atoms with E-state index in [1.165, 1.54) is 12.1 Å². The van der Waals surface area contributed by atoms with Crippen LogP contribution in [0.1, 0.15) is 23.7 Å². The SMILES string of the molecule is CCC1CN(C(=O)c2cc(S)ccc2F)CCN1C. The van der Waals surface area contributed by atoms with Gasteiger partial charge in [-0.05, 0) is 31.7 Å². The van der Waals surface area contributed by atoms with Crippen molar-refractivity contribution in [3.8, 4) is 0 Å². The van der Waals surface area contributed by atoms with Crippen molar-refractivity contribution in [3.05, 3.63) is 29.6 Å². The highest BCUT2D eigenvalue weighted by atomic mass is 32.1. The smallest absolute Gasteiger partial charge is 0.256 e. The molecule has 0 bridgehead atoms. The molecule has 1 heterocycles. The molecule has 0 saturated carbocycles. The van der Waals surface area contributed by atoms with Gasteiger partial charge in [-0.25, -0.2) is 4.39 Å². The van der Waals surface area contributed by atoms with Gasteiger partial charge in [0.15, 0.2) is 0 Å². The monoisotopic (exact) mass is 282 g/mol. The van der Waals surface area contributed by atoms with Gasteiger partial charge in [0.25, 0.3) is 5.91 Å². The number of nitrogens with zero attached hydrogens (tertiary/aromatic N) is 2. The lowest BCUT2D eigenvalue weighted by Gasteiger charge is -2.39. The molecule has 1 atom stereocenters. The Hall–Kier alpha value is -1.07. The third kappa shape index (κ3) is 3.09. The zero-order valence-electron chi connectivity index (χ0n) is 11.3. The largest absolute Gasteiger partial charge is 0.336 e. The molecule has 1 aliphatic rings. The summed E-state index contributed by atoms with van der Waals surface area (Å²) >= 11 is 4.16. The van der Waals surface area contributed by atoms with Gasteiger partial charge in [-0.1, -0.05) is 6.92 Å². The minimum atomic E-state index is -0.477. The van der Waals surface area contributed by atoms with E-state index >= 15 is 0 Å². The molecular formula is C14H19FN2OS. The maximum Gasteiger partial charge on any atom is 0.256 e. The van der Waals surface area contributed by atoms with Gasteiger partial charge >= 0.3 is 0 Å². The van der Waals surface area contributed by atoms with Crippen LogP contribution < -0.4 is 0 Å². The van der Waals surface area contributed by atoms with Crippen molar-refractivity contribution in [1.82, 2.24) is 9.80 Å². The van der Waals surface area contributed by atoms with E-state index in [0.29, 0.717) is 24.0 Å². The van der Waals surface area contributed by atoms with E-state index in [9.17, 15) is 9.18 Å². The van der Waals surface area contributed by atoms with E-state index in [1.807, 2.05) is 0 Å². The van der Waals surface area contributed by atoms with E-state index in [0.717, 1.165) is 13.0 Å². The van der Waals surface area contributed by atoms with Crippen LogP contribution in [0.15, 0.2) is 23.1 Å². The van der Waals surface area contributed by atoms with Crippen LogP contribution in [0.2, 0.25) is 0 Å². The Morgan fingerprint density at radius 2 is 2.21 bits per heavy atom. The molecule has 1 aliphatic heterocycles. The second-order valence-corrected chi connectivity index (χ2v) is 5.47. The van der Waals surface area contributed by atoms with Gasteiger partial charge in [0.2, 0.25) is 0 Å². The number of piperazine rings is 1. The summed E-state index contributed by atoms with van der Waals surface area (Å²) in [4.78, 5) is 17.0. The molecule has 0 aromatic heterocycles. The first-order valence-electron chi connectivity index (χ1n) is 6.51. The number of carbonyl (C=O) groups excluding carboxylic acids is 1. The Morgan fingerprint density at radius 3 is 2.89 bits per heavy atom. The molecule has 5 heteroatoms. The van der Waals surface area contributed by atoms with Gasteiger partial charge in [0.05, 0.1) is 5.56 Å². The first-order chi connectivity index (χ1) is 9.02. The number of hydrogen-bond acceptors (Lipinski definition) is 3. The normalized spacial score (nSPS) is 20.6. The Kier molecular flexibility index (Phi) is 4.47. The van der Waals surface area contributed by atoms with Crippen LogP contribution in [0.25, 0.3) is 0 Å². The summed E-state index contributed by atoms with van der Waals surface area (Å²) in [6.07, 6.45) is 0.982. The number of likely N-dealkylation sites (N-methyl/N-ethyl adjacent to an activating group) is 1. The average molecular weight is 282 g/mol. The minimum Gasteiger partial charge on any atom is -0.336 e. The van der Waals surface area contributed by atoms with Gasteiger partial charge in [0.1, 0.15) is 5.82 Å². The molecule has 19 heavy (non-hydrogen) atoms. The summed E-state index contributed by atoms with van der Waals surface area (Å²) in [5.41, 5.74) is 0.118. The number of rotatable bonds is 2.